The average molecular weight is 591 g/mol. The zero-order chi connectivity index (χ0) is 31.0. The van der Waals surface area contributed by atoms with Crippen LogP contribution in [0.15, 0.2) is 84.9 Å². The van der Waals surface area contributed by atoms with Crippen molar-refractivity contribution in [2.24, 2.45) is 0 Å². The molecular weight excluding hydrogens is 552 g/mol. The third-order valence-corrected chi connectivity index (χ3v) is 6.63. The molecule has 0 saturated carbocycles. The van der Waals surface area contributed by atoms with Gasteiger partial charge in [-0.3, -0.25) is 24.4 Å². The first-order chi connectivity index (χ1) is 20.8. The van der Waals surface area contributed by atoms with E-state index in [-0.39, 0.29) is 26.1 Å². The van der Waals surface area contributed by atoms with E-state index < -0.39 is 41.8 Å². The molecule has 0 fully saturated rings. The first kappa shape index (κ1) is 32.8. The fourth-order valence-electron chi connectivity index (χ4n) is 4.35. The van der Waals surface area contributed by atoms with Crippen molar-refractivity contribution in [1.29, 1.82) is 0 Å². The van der Waals surface area contributed by atoms with Gasteiger partial charge in [-0.2, -0.15) is 0 Å². The SMILES string of the molecule is COc1ccc(CC[C@@H](NC(=O)[C@H](COCc2ccccc2)NC(C)=O)C(=O)N[C@H](Cc2ccccc2)C(=O)NO)cc1. The normalized spacial score (nSPS) is 12.7. The predicted molar refractivity (Wildman–Crippen MR) is 159 cm³/mol. The van der Waals surface area contributed by atoms with Gasteiger partial charge in [0, 0.05) is 13.3 Å². The lowest BCUT2D eigenvalue weighted by Gasteiger charge is -2.25. The monoisotopic (exact) mass is 590 g/mol. The fourth-order valence-corrected chi connectivity index (χ4v) is 4.35. The molecule has 0 aliphatic carbocycles. The van der Waals surface area contributed by atoms with Crippen LogP contribution in [-0.2, 0) is 43.4 Å². The minimum absolute atomic E-state index is 0.111. The van der Waals surface area contributed by atoms with Crippen molar-refractivity contribution in [3.05, 3.63) is 102 Å². The summed E-state index contributed by atoms with van der Waals surface area (Å²) in [6.07, 6.45) is 0.702. The molecule has 43 heavy (non-hydrogen) atoms. The van der Waals surface area contributed by atoms with Gasteiger partial charge in [0.1, 0.15) is 23.9 Å². The number of carbonyl (C=O) groups is 4. The molecule has 228 valence electrons. The van der Waals surface area contributed by atoms with Crippen molar-refractivity contribution < 1.29 is 33.9 Å². The quantitative estimate of drug-likeness (QED) is 0.126. The maximum atomic E-state index is 13.5. The molecule has 3 rings (SSSR count). The second kappa shape index (κ2) is 17.3. The van der Waals surface area contributed by atoms with E-state index in [1.54, 1.807) is 49.0 Å². The molecule has 0 aliphatic heterocycles. The lowest BCUT2D eigenvalue weighted by Crippen LogP contribution is -2.57. The van der Waals surface area contributed by atoms with Crippen molar-refractivity contribution in [3.8, 4) is 5.75 Å². The van der Waals surface area contributed by atoms with Gasteiger partial charge in [0.25, 0.3) is 5.91 Å². The molecule has 3 atom stereocenters. The summed E-state index contributed by atoms with van der Waals surface area (Å²) in [5, 5.41) is 17.3. The van der Waals surface area contributed by atoms with Gasteiger partial charge in [-0.1, -0.05) is 72.8 Å². The number of hydrogen-bond donors (Lipinski definition) is 5. The van der Waals surface area contributed by atoms with Crippen LogP contribution in [0.3, 0.4) is 0 Å². The molecule has 0 aliphatic rings. The lowest BCUT2D eigenvalue weighted by molar-refractivity contribution is -0.136. The molecule has 0 radical (unpaired) electrons. The molecule has 0 bridgehead atoms. The molecule has 0 aromatic heterocycles. The van der Waals surface area contributed by atoms with E-state index >= 15 is 0 Å². The number of aryl methyl sites for hydroxylation is 1. The van der Waals surface area contributed by atoms with Crippen LogP contribution in [0.4, 0.5) is 0 Å². The highest BCUT2D eigenvalue weighted by Crippen LogP contribution is 2.14. The highest BCUT2D eigenvalue weighted by atomic mass is 16.5. The second-order valence-corrected chi connectivity index (χ2v) is 9.93. The zero-order valence-corrected chi connectivity index (χ0v) is 24.2. The van der Waals surface area contributed by atoms with E-state index in [1.807, 2.05) is 48.5 Å². The number of rotatable bonds is 16. The van der Waals surface area contributed by atoms with Crippen LogP contribution in [0.1, 0.15) is 30.0 Å². The smallest absolute Gasteiger partial charge is 0.266 e. The standard InChI is InChI=1S/C32H38N4O7/c1-22(37)33-29(21-43-20-25-11-7-4-8-12-25)31(39)34-27(18-15-23-13-16-26(42-2)17-14-23)30(38)35-28(32(40)36-41)19-24-9-5-3-6-10-24/h3-14,16-17,27-29,41H,15,18-21H2,1-2H3,(H,33,37)(H,34,39)(H,35,38)(H,36,40)/t27-,28-,29+/m1/s1. The molecule has 0 heterocycles. The summed E-state index contributed by atoms with van der Waals surface area (Å²) in [5.41, 5.74) is 4.15. The average Bonchev–Trinajstić information content (AvgIpc) is 3.02. The molecule has 11 heteroatoms. The molecule has 3 aromatic rings. The van der Waals surface area contributed by atoms with Crippen LogP contribution >= 0.6 is 0 Å². The van der Waals surface area contributed by atoms with E-state index in [1.165, 1.54) is 6.92 Å². The Morgan fingerprint density at radius 1 is 0.698 bits per heavy atom. The molecule has 0 spiro atoms. The predicted octanol–water partition coefficient (Wildman–Crippen LogP) is 2.07. The molecule has 3 aromatic carbocycles. The first-order valence-corrected chi connectivity index (χ1v) is 13.9. The molecule has 0 unspecified atom stereocenters. The van der Waals surface area contributed by atoms with Crippen LogP contribution < -0.4 is 26.2 Å². The van der Waals surface area contributed by atoms with Gasteiger partial charge in [-0.15, -0.1) is 0 Å². The Kier molecular flexibility index (Phi) is 13.2. The van der Waals surface area contributed by atoms with Gasteiger partial charge in [-0.05, 0) is 41.7 Å². The number of methoxy groups -OCH3 is 1. The van der Waals surface area contributed by atoms with Gasteiger partial charge in [0.15, 0.2) is 0 Å². The van der Waals surface area contributed by atoms with Crippen molar-refractivity contribution in [2.75, 3.05) is 13.7 Å². The highest BCUT2D eigenvalue weighted by Gasteiger charge is 2.29. The Morgan fingerprint density at radius 3 is 1.86 bits per heavy atom. The number of nitrogens with one attached hydrogen (secondary N) is 4. The van der Waals surface area contributed by atoms with Crippen LogP contribution in [0.25, 0.3) is 0 Å². The number of benzene rings is 3. The van der Waals surface area contributed by atoms with E-state index in [0.717, 1.165) is 16.7 Å². The lowest BCUT2D eigenvalue weighted by atomic mass is 10.0. The summed E-state index contributed by atoms with van der Waals surface area (Å²) in [6, 6.07) is 22.4. The number of amides is 4. The minimum atomic E-state index is -1.11. The Bertz CT molecular complexity index is 1320. The molecule has 5 N–H and O–H groups in total. The molecular formula is C32H38N4O7. The number of ether oxygens (including phenoxy) is 2. The fraction of sp³-hybridized carbons (Fsp3) is 0.312. The zero-order valence-electron chi connectivity index (χ0n) is 24.2. The summed E-state index contributed by atoms with van der Waals surface area (Å²) in [7, 11) is 1.56. The van der Waals surface area contributed by atoms with Crippen LogP contribution in [0, 0.1) is 0 Å². The molecule has 4 amide bonds. The van der Waals surface area contributed by atoms with E-state index in [0.29, 0.717) is 12.2 Å². The maximum Gasteiger partial charge on any atom is 0.266 e. The van der Waals surface area contributed by atoms with Crippen molar-refractivity contribution in [2.45, 2.75) is 50.9 Å². The number of hydrogen-bond acceptors (Lipinski definition) is 7. The third kappa shape index (κ3) is 11.2. The van der Waals surface area contributed by atoms with Crippen molar-refractivity contribution in [3.63, 3.8) is 0 Å². The Labute approximate surface area is 250 Å². The van der Waals surface area contributed by atoms with Crippen molar-refractivity contribution in [1.82, 2.24) is 21.4 Å². The van der Waals surface area contributed by atoms with Gasteiger partial charge >= 0.3 is 0 Å². The van der Waals surface area contributed by atoms with E-state index in [9.17, 15) is 24.4 Å². The molecule has 0 saturated heterocycles. The minimum Gasteiger partial charge on any atom is -0.497 e. The van der Waals surface area contributed by atoms with E-state index in [2.05, 4.69) is 16.0 Å². The Morgan fingerprint density at radius 2 is 1.28 bits per heavy atom. The van der Waals surface area contributed by atoms with Crippen LogP contribution in [-0.4, -0.2) is 60.7 Å². The van der Waals surface area contributed by atoms with Gasteiger partial charge in [-0.25, -0.2) is 5.48 Å². The van der Waals surface area contributed by atoms with Gasteiger partial charge in [0.2, 0.25) is 17.7 Å². The summed E-state index contributed by atoms with van der Waals surface area (Å²) in [6.45, 7) is 1.38. The third-order valence-electron chi connectivity index (χ3n) is 6.63. The first-order valence-electron chi connectivity index (χ1n) is 13.9. The maximum absolute atomic E-state index is 13.5. The van der Waals surface area contributed by atoms with Crippen LogP contribution in [0.5, 0.6) is 5.75 Å². The Balaban J connectivity index is 1.75. The van der Waals surface area contributed by atoms with Gasteiger partial charge < -0.3 is 25.4 Å². The number of hydroxylamine groups is 1. The molecule has 11 nitrogen and oxygen atoms in total. The topological polar surface area (TPSA) is 155 Å². The summed E-state index contributed by atoms with van der Waals surface area (Å²) < 4.78 is 10.9. The second-order valence-electron chi connectivity index (χ2n) is 9.93. The van der Waals surface area contributed by atoms with Gasteiger partial charge in [0.05, 0.1) is 20.3 Å². The van der Waals surface area contributed by atoms with Crippen molar-refractivity contribution >= 4 is 23.6 Å². The van der Waals surface area contributed by atoms with Crippen LogP contribution in [0.2, 0.25) is 0 Å². The summed E-state index contributed by atoms with van der Waals surface area (Å²) in [4.78, 5) is 51.3. The summed E-state index contributed by atoms with van der Waals surface area (Å²) >= 11 is 0. The van der Waals surface area contributed by atoms with E-state index in [4.69, 9.17) is 9.47 Å². The largest absolute Gasteiger partial charge is 0.497 e. The number of carbonyl (C=O) groups excluding carboxylic acids is 4. The summed E-state index contributed by atoms with van der Waals surface area (Å²) in [5.74, 6) is -1.81. The Hall–Kier alpha value is -4.74. The highest BCUT2D eigenvalue weighted by molar-refractivity contribution is 5.94.